The average molecular weight is 416 g/mol. The number of halogens is 2. The van der Waals surface area contributed by atoms with Gasteiger partial charge in [-0.25, -0.2) is 4.98 Å². The van der Waals surface area contributed by atoms with E-state index in [1.54, 1.807) is 24.3 Å². The summed E-state index contributed by atoms with van der Waals surface area (Å²) in [6.45, 7) is 3.74. The van der Waals surface area contributed by atoms with Gasteiger partial charge in [-0.2, -0.15) is 0 Å². The minimum Gasteiger partial charge on any atom is -0.482 e. The number of nitrogens with zero attached hydrogens (tertiary/aromatic N) is 1. The number of aryl methyl sites for hydroxylation is 1. The lowest BCUT2D eigenvalue weighted by atomic mass is 10.1. The topological polar surface area (TPSA) is 77.2 Å². The van der Waals surface area contributed by atoms with Crippen LogP contribution in [0.1, 0.15) is 34.5 Å². The number of carbonyl (C=O) groups is 1. The fraction of sp³-hybridized carbons (Fsp3) is 0.143. The number of nitrogens with one attached hydrogen (secondary N) is 1. The Labute approximate surface area is 173 Å². The van der Waals surface area contributed by atoms with Crippen molar-refractivity contribution in [3.63, 3.8) is 0 Å². The van der Waals surface area contributed by atoms with Crippen molar-refractivity contribution in [3.05, 3.63) is 81.5 Å². The Hall–Kier alpha value is -2.76. The molecule has 144 valence electrons. The number of benzene rings is 2. The molecule has 0 saturated carbocycles. The minimum absolute atomic E-state index is 0.214. The first kappa shape index (κ1) is 20.0. The smallest absolute Gasteiger partial charge is 0.255 e. The highest BCUT2D eigenvalue weighted by molar-refractivity contribution is 6.31. The third-order valence-corrected chi connectivity index (χ3v) is 4.82. The van der Waals surface area contributed by atoms with Crippen LogP contribution in [0.5, 0.6) is 5.75 Å². The van der Waals surface area contributed by atoms with Gasteiger partial charge < -0.3 is 15.8 Å². The van der Waals surface area contributed by atoms with Crippen LogP contribution in [0.25, 0.3) is 0 Å². The van der Waals surface area contributed by atoms with Crippen LogP contribution in [0.2, 0.25) is 10.0 Å². The van der Waals surface area contributed by atoms with Crippen molar-refractivity contribution in [1.82, 2.24) is 4.98 Å². The molecule has 0 bridgehead atoms. The van der Waals surface area contributed by atoms with E-state index < -0.39 is 0 Å². The van der Waals surface area contributed by atoms with Crippen molar-refractivity contribution in [2.75, 3.05) is 11.1 Å². The van der Waals surface area contributed by atoms with Gasteiger partial charge in [0.15, 0.2) is 11.6 Å². The van der Waals surface area contributed by atoms with E-state index in [0.717, 1.165) is 11.1 Å². The third-order valence-electron chi connectivity index (χ3n) is 4.19. The van der Waals surface area contributed by atoms with Crippen molar-refractivity contribution in [1.29, 1.82) is 0 Å². The van der Waals surface area contributed by atoms with E-state index in [1.165, 1.54) is 6.20 Å². The van der Waals surface area contributed by atoms with E-state index in [0.29, 0.717) is 27.0 Å². The standard InChI is InChI=1S/C21H19Cl2N3O2/c1-12-8-15(6-7-18(12)23)21(27)26-17-5-3-4-14(9-17)13(2)28-19-10-16(22)11-25-20(19)24/h3-11,13H,1-2H3,(H2,24,25)(H,26,27)/t13-/m1/s1. The molecule has 0 aliphatic rings. The zero-order valence-electron chi connectivity index (χ0n) is 15.4. The molecule has 0 fully saturated rings. The largest absolute Gasteiger partial charge is 0.482 e. The van der Waals surface area contributed by atoms with Gasteiger partial charge in [-0.05, 0) is 55.3 Å². The molecule has 0 saturated heterocycles. The molecule has 5 nitrogen and oxygen atoms in total. The predicted molar refractivity (Wildman–Crippen MR) is 113 cm³/mol. The predicted octanol–water partition coefficient (Wildman–Crippen LogP) is 5.67. The van der Waals surface area contributed by atoms with E-state index in [4.69, 9.17) is 33.7 Å². The summed E-state index contributed by atoms with van der Waals surface area (Å²) in [6, 6.07) is 14.2. The quantitative estimate of drug-likeness (QED) is 0.562. The number of nitrogens with two attached hydrogens (primary N) is 1. The molecule has 0 aliphatic carbocycles. The first-order valence-electron chi connectivity index (χ1n) is 8.58. The Morgan fingerprint density at radius 2 is 1.96 bits per heavy atom. The Bertz CT molecular complexity index is 1020. The van der Waals surface area contributed by atoms with E-state index in [9.17, 15) is 4.79 Å². The van der Waals surface area contributed by atoms with Crippen molar-refractivity contribution in [2.45, 2.75) is 20.0 Å². The maximum atomic E-state index is 12.5. The Morgan fingerprint density at radius 1 is 1.18 bits per heavy atom. The Kier molecular flexibility index (Phi) is 6.07. The molecular weight excluding hydrogens is 397 g/mol. The van der Waals surface area contributed by atoms with Gasteiger partial charge >= 0.3 is 0 Å². The summed E-state index contributed by atoms with van der Waals surface area (Å²) in [5.74, 6) is 0.457. The Morgan fingerprint density at radius 3 is 2.71 bits per heavy atom. The van der Waals surface area contributed by atoms with Gasteiger partial charge in [-0.3, -0.25) is 4.79 Å². The number of hydrogen-bond donors (Lipinski definition) is 2. The second-order valence-electron chi connectivity index (χ2n) is 6.34. The van der Waals surface area contributed by atoms with Crippen LogP contribution in [-0.4, -0.2) is 10.9 Å². The van der Waals surface area contributed by atoms with Gasteiger partial charge in [-0.1, -0.05) is 35.3 Å². The lowest BCUT2D eigenvalue weighted by Gasteiger charge is -2.17. The van der Waals surface area contributed by atoms with Gasteiger partial charge in [-0.15, -0.1) is 0 Å². The van der Waals surface area contributed by atoms with Crippen LogP contribution in [0, 0.1) is 6.92 Å². The summed E-state index contributed by atoms with van der Waals surface area (Å²) in [7, 11) is 0. The molecule has 28 heavy (non-hydrogen) atoms. The number of aromatic nitrogens is 1. The molecule has 1 atom stereocenters. The molecule has 3 N–H and O–H groups in total. The second-order valence-corrected chi connectivity index (χ2v) is 7.18. The number of hydrogen-bond acceptors (Lipinski definition) is 4. The molecule has 1 amide bonds. The Balaban J connectivity index is 1.75. The lowest BCUT2D eigenvalue weighted by molar-refractivity contribution is 0.102. The highest BCUT2D eigenvalue weighted by Crippen LogP contribution is 2.29. The molecule has 0 spiro atoms. The highest BCUT2D eigenvalue weighted by atomic mass is 35.5. The average Bonchev–Trinajstić information content (AvgIpc) is 2.67. The number of anilines is 2. The van der Waals surface area contributed by atoms with Gasteiger partial charge in [0.1, 0.15) is 6.10 Å². The maximum Gasteiger partial charge on any atom is 0.255 e. The van der Waals surface area contributed by atoms with Crippen LogP contribution in [0.15, 0.2) is 54.7 Å². The molecule has 3 aromatic rings. The fourth-order valence-corrected chi connectivity index (χ4v) is 2.91. The summed E-state index contributed by atoms with van der Waals surface area (Å²) in [6.07, 6.45) is 1.14. The molecule has 1 aromatic heterocycles. The monoisotopic (exact) mass is 415 g/mol. The van der Waals surface area contributed by atoms with Crippen LogP contribution < -0.4 is 15.8 Å². The van der Waals surface area contributed by atoms with Gasteiger partial charge in [0.25, 0.3) is 5.91 Å². The van der Waals surface area contributed by atoms with Gasteiger partial charge in [0.2, 0.25) is 0 Å². The summed E-state index contributed by atoms with van der Waals surface area (Å²) in [4.78, 5) is 16.5. The maximum absolute atomic E-state index is 12.5. The van der Waals surface area contributed by atoms with Crippen molar-refractivity contribution >= 4 is 40.6 Å². The van der Waals surface area contributed by atoms with Crippen molar-refractivity contribution < 1.29 is 9.53 Å². The van der Waals surface area contributed by atoms with Crippen LogP contribution >= 0.6 is 23.2 Å². The highest BCUT2D eigenvalue weighted by Gasteiger charge is 2.13. The molecule has 2 aromatic carbocycles. The van der Waals surface area contributed by atoms with E-state index in [-0.39, 0.29) is 17.8 Å². The van der Waals surface area contributed by atoms with E-state index >= 15 is 0 Å². The lowest BCUT2D eigenvalue weighted by Crippen LogP contribution is -2.13. The van der Waals surface area contributed by atoms with Crippen LogP contribution in [0.4, 0.5) is 11.5 Å². The molecule has 0 radical (unpaired) electrons. The summed E-state index contributed by atoms with van der Waals surface area (Å²) >= 11 is 12.0. The number of rotatable bonds is 5. The van der Waals surface area contributed by atoms with Crippen molar-refractivity contribution in [3.8, 4) is 5.75 Å². The third kappa shape index (κ3) is 4.74. The number of amides is 1. The molecule has 7 heteroatoms. The van der Waals surface area contributed by atoms with Crippen LogP contribution in [0.3, 0.4) is 0 Å². The first-order chi connectivity index (χ1) is 13.3. The molecule has 0 unspecified atom stereocenters. The van der Waals surface area contributed by atoms with Crippen molar-refractivity contribution in [2.24, 2.45) is 0 Å². The van der Waals surface area contributed by atoms with E-state index in [2.05, 4.69) is 10.3 Å². The summed E-state index contributed by atoms with van der Waals surface area (Å²) in [5, 5.41) is 3.95. The van der Waals surface area contributed by atoms with Gasteiger partial charge in [0, 0.05) is 28.5 Å². The SMILES string of the molecule is Cc1cc(C(=O)Nc2cccc([C@@H](C)Oc3cc(Cl)cnc3N)c2)ccc1Cl. The van der Waals surface area contributed by atoms with E-state index in [1.807, 2.05) is 38.1 Å². The zero-order chi connectivity index (χ0) is 20.3. The first-order valence-corrected chi connectivity index (χ1v) is 9.34. The number of ether oxygens (including phenoxy) is 1. The minimum atomic E-state index is -0.322. The number of pyridine rings is 1. The zero-order valence-corrected chi connectivity index (χ0v) is 16.9. The molecular formula is C21H19Cl2N3O2. The molecule has 0 aliphatic heterocycles. The normalized spacial score (nSPS) is 11.7. The second kappa shape index (κ2) is 8.50. The summed E-state index contributed by atoms with van der Waals surface area (Å²) < 4.78 is 5.89. The molecule has 3 rings (SSSR count). The molecule has 1 heterocycles. The number of nitrogen functional groups attached to an aromatic ring is 1. The fourth-order valence-electron chi connectivity index (χ4n) is 2.64. The van der Waals surface area contributed by atoms with Gasteiger partial charge in [0.05, 0.1) is 5.02 Å². The van der Waals surface area contributed by atoms with Crippen LogP contribution in [-0.2, 0) is 0 Å². The summed E-state index contributed by atoms with van der Waals surface area (Å²) in [5.41, 5.74) is 8.74. The number of carbonyl (C=O) groups excluding carboxylic acids is 1.